The fraction of sp³-hybridized carbons (Fsp3) is 0.188. The molecule has 5 heteroatoms. The van der Waals surface area contributed by atoms with E-state index in [1.54, 1.807) is 0 Å². The molecule has 0 saturated heterocycles. The Morgan fingerprint density at radius 2 is 1.86 bits per heavy atom. The lowest BCUT2D eigenvalue weighted by Gasteiger charge is -1.99. The van der Waals surface area contributed by atoms with Crippen molar-refractivity contribution >= 4 is 28.8 Å². The van der Waals surface area contributed by atoms with Crippen molar-refractivity contribution in [2.75, 3.05) is 0 Å². The molecule has 0 N–H and O–H groups in total. The molecule has 2 aromatic heterocycles. The van der Waals surface area contributed by atoms with E-state index in [0.717, 1.165) is 34.0 Å². The van der Waals surface area contributed by atoms with E-state index in [1.807, 2.05) is 61.7 Å². The summed E-state index contributed by atoms with van der Waals surface area (Å²) in [5.41, 5.74) is 4.62. The average molecular weight is 299 g/mol. The monoisotopic (exact) mass is 298 g/mol. The van der Waals surface area contributed by atoms with Gasteiger partial charge in [-0.1, -0.05) is 23.7 Å². The van der Waals surface area contributed by atoms with Gasteiger partial charge in [0.1, 0.15) is 5.65 Å². The van der Waals surface area contributed by atoms with Crippen LogP contribution in [0.2, 0.25) is 5.02 Å². The zero-order chi connectivity index (χ0) is 15.0. The minimum atomic E-state index is 0.692. The van der Waals surface area contributed by atoms with E-state index in [-0.39, 0.29) is 0 Å². The largest absolute Gasteiger partial charge is 0.283 e. The van der Waals surface area contributed by atoms with Crippen LogP contribution < -0.4 is 0 Å². The van der Waals surface area contributed by atoms with Gasteiger partial charge in [0.2, 0.25) is 0 Å². The summed E-state index contributed by atoms with van der Waals surface area (Å²) in [5.74, 6) is 0.741. The fourth-order valence-corrected chi connectivity index (χ4v) is 2.30. The first kappa shape index (κ1) is 13.8. The zero-order valence-electron chi connectivity index (χ0n) is 12.1. The standard InChI is InChI=1S/C16H15ClN4/c1-10-4-7-15-18-12(3)16(21(15)9-10)20-19-13-6-5-11(2)14(17)8-13/h4-9H,1-3H3. The summed E-state index contributed by atoms with van der Waals surface area (Å²) in [6, 6.07) is 9.65. The molecule has 0 amide bonds. The summed E-state index contributed by atoms with van der Waals surface area (Å²) in [7, 11) is 0. The summed E-state index contributed by atoms with van der Waals surface area (Å²) in [6.45, 7) is 5.93. The van der Waals surface area contributed by atoms with E-state index in [4.69, 9.17) is 11.6 Å². The molecular formula is C16H15ClN4. The summed E-state index contributed by atoms with van der Waals surface area (Å²) >= 11 is 6.10. The van der Waals surface area contributed by atoms with Crippen molar-refractivity contribution in [1.82, 2.24) is 9.38 Å². The quantitative estimate of drug-likeness (QED) is 0.590. The van der Waals surface area contributed by atoms with Crippen molar-refractivity contribution < 1.29 is 0 Å². The van der Waals surface area contributed by atoms with Crippen LogP contribution in [0.3, 0.4) is 0 Å². The van der Waals surface area contributed by atoms with Crippen molar-refractivity contribution in [1.29, 1.82) is 0 Å². The lowest BCUT2D eigenvalue weighted by molar-refractivity contribution is 1.08. The third-order valence-electron chi connectivity index (χ3n) is 3.32. The van der Waals surface area contributed by atoms with E-state index in [1.165, 1.54) is 0 Å². The van der Waals surface area contributed by atoms with Gasteiger partial charge in [-0.15, -0.1) is 10.2 Å². The molecule has 0 aliphatic heterocycles. The van der Waals surface area contributed by atoms with Gasteiger partial charge in [-0.25, -0.2) is 4.98 Å². The van der Waals surface area contributed by atoms with Crippen molar-refractivity contribution in [3.05, 3.63) is 58.4 Å². The van der Waals surface area contributed by atoms with E-state index >= 15 is 0 Å². The summed E-state index contributed by atoms with van der Waals surface area (Å²) in [5, 5.41) is 9.31. The maximum absolute atomic E-state index is 6.10. The Bertz CT molecular complexity index is 849. The van der Waals surface area contributed by atoms with E-state index in [0.29, 0.717) is 5.02 Å². The van der Waals surface area contributed by atoms with Crippen LogP contribution in [0.25, 0.3) is 5.65 Å². The van der Waals surface area contributed by atoms with Crippen LogP contribution in [-0.2, 0) is 0 Å². The zero-order valence-corrected chi connectivity index (χ0v) is 12.9. The molecule has 0 aliphatic rings. The molecule has 0 atom stereocenters. The second-order valence-corrected chi connectivity index (χ2v) is 5.50. The van der Waals surface area contributed by atoms with Gasteiger partial charge in [-0.3, -0.25) is 4.40 Å². The Morgan fingerprint density at radius 1 is 1.05 bits per heavy atom. The summed E-state index contributed by atoms with van der Waals surface area (Å²) in [6.07, 6.45) is 2.01. The van der Waals surface area contributed by atoms with Crippen molar-refractivity contribution in [2.24, 2.45) is 10.2 Å². The molecule has 106 valence electrons. The second-order valence-electron chi connectivity index (χ2n) is 5.09. The van der Waals surface area contributed by atoms with Crippen LogP contribution in [0, 0.1) is 20.8 Å². The first-order chi connectivity index (χ1) is 10.0. The van der Waals surface area contributed by atoms with Gasteiger partial charge >= 0.3 is 0 Å². The highest BCUT2D eigenvalue weighted by atomic mass is 35.5. The molecule has 3 aromatic rings. The molecule has 21 heavy (non-hydrogen) atoms. The molecule has 2 heterocycles. The van der Waals surface area contributed by atoms with E-state index in [9.17, 15) is 0 Å². The highest BCUT2D eigenvalue weighted by Crippen LogP contribution is 2.26. The number of pyridine rings is 1. The lowest BCUT2D eigenvalue weighted by Crippen LogP contribution is -1.84. The molecular weight excluding hydrogens is 284 g/mol. The summed E-state index contributed by atoms with van der Waals surface area (Å²) in [4.78, 5) is 4.48. The number of fused-ring (bicyclic) bond motifs is 1. The fourth-order valence-electron chi connectivity index (χ4n) is 2.13. The number of aromatic nitrogens is 2. The Labute approximate surface area is 128 Å². The van der Waals surface area contributed by atoms with Gasteiger partial charge < -0.3 is 0 Å². The molecule has 0 saturated carbocycles. The van der Waals surface area contributed by atoms with Gasteiger partial charge in [-0.05, 0) is 50.1 Å². The van der Waals surface area contributed by atoms with Crippen LogP contribution in [0.15, 0.2) is 46.8 Å². The molecule has 1 aromatic carbocycles. The highest BCUT2D eigenvalue weighted by molar-refractivity contribution is 6.31. The van der Waals surface area contributed by atoms with Crippen LogP contribution in [-0.4, -0.2) is 9.38 Å². The maximum Gasteiger partial charge on any atom is 0.182 e. The molecule has 0 aliphatic carbocycles. The van der Waals surface area contributed by atoms with E-state index in [2.05, 4.69) is 15.2 Å². The third-order valence-corrected chi connectivity index (χ3v) is 3.73. The molecule has 0 spiro atoms. The highest BCUT2D eigenvalue weighted by Gasteiger charge is 2.07. The number of nitrogens with zero attached hydrogens (tertiary/aromatic N) is 4. The number of hydrogen-bond donors (Lipinski definition) is 0. The maximum atomic E-state index is 6.10. The predicted molar refractivity (Wildman–Crippen MR) is 85.0 cm³/mol. The number of hydrogen-bond acceptors (Lipinski definition) is 3. The Morgan fingerprint density at radius 3 is 2.62 bits per heavy atom. The van der Waals surface area contributed by atoms with Gasteiger partial charge in [0.05, 0.1) is 11.4 Å². The number of benzene rings is 1. The van der Waals surface area contributed by atoms with Crippen LogP contribution in [0.1, 0.15) is 16.8 Å². The Balaban J connectivity index is 2.04. The second kappa shape index (κ2) is 5.30. The number of aryl methyl sites for hydroxylation is 3. The van der Waals surface area contributed by atoms with Crippen LogP contribution in [0.4, 0.5) is 11.5 Å². The van der Waals surface area contributed by atoms with Crippen molar-refractivity contribution in [3.63, 3.8) is 0 Å². The smallest absolute Gasteiger partial charge is 0.182 e. The van der Waals surface area contributed by atoms with E-state index < -0.39 is 0 Å². The first-order valence-electron chi connectivity index (χ1n) is 6.68. The molecule has 4 nitrogen and oxygen atoms in total. The molecule has 0 bridgehead atoms. The number of imidazole rings is 1. The normalized spacial score (nSPS) is 11.6. The molecule has 0 fully saturated rings. The first-order valence-corrected chi connectivity index (χ1v) is 7.05. The average Bonchev–Trinajstić information content (AvgIpc) is 2.75. The number of azo groups is 1. The van der Waals surface area contributed by atoms with Gasteiger partial charge in [0.15, 0.2) is 5.82 Å². The van der Waals surface area contributed by atoms with Gasteiger partial charge in [-0.2, -0.15) is 0 Å². The predicted octanol–water partition coefficient (Wildman–Crippen LogP) is 5.33. The van der Waals surface area contributed by atoms with Crippen LogP contribution >= 0.6 is 11.6 Å². The minimum Gasteiger partial charge on any atom is -0.283 e. The molecule has 3 rings (SSSR count). The van der Waals surface area contributed by atoms with Gasteiger partial charge in [0, 0.05) is 11.2 Å². The third kappa shape index (κ3) is 2.67. The van der Waals surface area contributed by atoms with Crippen LogP contribution in [0.5, 0.6) is 0 Å². The SMILES string of the molecule is Cc1ccc2nc(C)c(N=Nc3ccc(C)c(Cl)c3)n2c1. The molecule has 0 unspecified atom stereocenters. The minimum absolute atomic E-state index is 0.692. The topological polar surface area (TPSA) is 42.0 Å². The summed E-state index contributed by atoms with van der Waals surface area (Å²) < 4.78 is 1.95. The van der Waals surface area contributed by atoms with Crippen molar-refractivity contribution in [3.8, 4) is 0 Å². The molecule has 0 radical (unpaired) electrons. The number of halogens is 1. The number of rotatable bonds is 2. The van der Waals surface area contributed by atoms with Crippen molar-refractivity contribution in [2.45, 2.75) is 20.8 Å². The van der Waals surface area contributed by atoms with Gasteiger partial charge in [0.25, 0.3) is 0 Å². The lowest BCUT2D eigenvalue weighted by atomic mass is 10.2. The Hall–Kier alpha value is -2.20. The Kier molecular flexibility index (Phi) is 3.47.